The van der Waals surface area contributed by atoms with Gasteiger partial charge in [-0.2, -0.15) is 0 Å². The molecule has 3 heteroatoms. The predicted octanol–water partition coefficient (Wildman–Crippen LogP) is 3.21. The van der Waals surface area contributed by atoms with Crippen molar-refractivity contribution in [3.8, 4) is 5.75 Å². The first-order chi connectivity index (χ1) is 8.67. The molecule has 0 saturated heterocycles. The van der Waals surface area contributed by atoms with Crippen LogP contribution in [0.15, 0.2) is 34.9 Å². The first kappa shape index (κ1) is 12.7. The Morgan fingerprint density at radius 2 is 2.06 bits per heavy atom. The van der Waals surface area contributed by atoms with E-state index >= 15 is 0 Å². The number of rotatable bonds is 4. The normalized spacial score (nSPS) is 12.4. The van der Waals surface area contributed by atoms with Crippen LogP contribution in [0, 0.1) is 13.8 Å². The van der Waals surface area contributed by atoms with Gasteiger partial charge in [-0.1, -0.05) is 6.07 Å². The van der Waals surface area contributed by atoms with Crippen LogP contribution in [0.1, 0.15) is 28.5 Å². The van der Waals surface area contributed by atoms with Gasteiger partial charge in [0.1, 0.15) is 11.5 Å². The van der Waals surface area contributed by atoms with Gasteiger partial charge in [0.15, 0.2) is 0 Å². The summed E-state index contributed by atoms with van der Waals surface area (Å²) in [5, 5.41) is 3.28. The van der Waals surface area contributed by atoms with Crippen LogP contribution in [0.3, 0.4) is 0 Å². The summed E-state index contributed by atoms with van der Waals surface area (Å²) in [6.45, 7) is 4.17. The molecule has 0 aliphatic carbocycles. The summed E-state index contributed by atoms with van der Waals surface area (Å²) in [7, 11) is 3.62. The summed E-state index contributed by atoms with van der Waals surface area (Å²) in [5.41, 5.74) is 3.52. The van der Waals surface area contributed by atoms with Crippen molar-refractivity contribution in [3.05, 3.63) is 53.0 Å². The summed E-state index contributed by atoms with van der Waals surface area (Å²) >= 11 is 0. The van der Waals surface area contributed by atoms with E-state index in [1.54, 1.807) is 13.4 Å². The van der Waals surface area contributed by atoms with Gasteiger partial charge in [0.05, 0.1) is 19.4 Å². The maximum atomic E-state index is 5.51. The molecule has 0 aliphatic rings. The van der Waals surface area contributed by atoms with E-state index in [-0.39, 0.29) is 6.04 Å². The molecular formula is C15H19NO2. The lowest BCUT2D eigenvalue weighted by molar-refractivity contribution is 0.395. The zero-order valence-corrected chi connectivity index (χ0v) is 11.3. The van der Waals surface area contributed by atoms with Crippen LogP contribution in [0.4, 0.5) is 0 Å². The van der Waals surface area contributed by atoms with Crippen molar-refractivity contribution in [2.45, 2.75) is 19.9 Å². The van der Waals surface area contributed by atoms with Gasteiger partial charge in [-0.05, 0) is 50.2 Å². The summed E-state index contributed by atoms with van der Waals surface area (Å²) < 4.78 is 11.0. The average Bonchev–Trinajstić information content (AvgIpc) is 2.85. The van der Waals surface area contributed by atoms with Crippen LogP contribution in [0.25, 0.3) is 0 Å². The molecule has 0 aliphatic heterocycles. The van der Waals surface area contributed by atoms with Crippen molar-refractivity contribution in [1.82, 2.24) is 5.32 Å². The third-order valence-corrected chi connectivity index (χ3v) is 3.12. The number of methoxy groups -OCH3 is 1. The molecule has 1 heterocycles. The molecule has 0 amide bonds. The molecule has 0 spiro atoms. The molecule has 0 fully saturated rings. The monoisotopic (exact) mass is 245 g/mol. The zero-order chi connectivity index (χ0) is 13.1. The fourth-order valence-corrected chi connectivity index (χ4v) is 2.36. The van der Waals surface area contributed by atoms with Crippen LogP contribution < -0.4 is 10.1 Å². The minimum absolute atomic E-state index is 0.00977. The van der Waals surface area contributed by atoms with Crippen molar-refractivity contribution in [2.24, 2.45) is 0 Å². The van der Waals surface area contributed by atoms with Gasteiger partial charge in [0.2, 0.25) is 0 Å². The maximum Gasteiger partial charge on any atom is 0.125 e. The molecule has 1 atom stereocenters. The lowest BCUT2D eigenvalue weighted by atomic mass is 9.96. The summed E-state index contributed by atoms with van der Waals surface area (Å²) in [5.74, 6) is 1.78. The molecule has 3 nitrogen and oxygen atoms in total. The first-order valence-corrected chi connectivity index (χ1v) is 6.03. The second-order valence-electron chi connectivity index (χ2n) is 4.43. The Balaban J connectivity index is 2.55. The van der Waals surface area contributed by atoms with Crippen molar-refractivity contribution < 1.29 is 9.15 Å². The smallest absolute Gasteiger partial charge is 0.125 e. The van der Waals surface area contributed by atoms with Crippen molar-refractivity contribution in [3.63, 3.8) is 0 Å². The largest absolute Gasteiger partial charge is 0.496 e. The Morgan fingerprint density at radius 3 is 2.61 bits per heavy atom. The lowest BCUT2D eigenvalue weighted by Gasteiger charge is -2.20. The number of hydrogen-bond donors (Lipinski definition) is 1. The Bertz CT molecular complexity index is 518. The van der Waals surface area contributed by atoms with E-state index in [1.807, 2.05) is 19.2 Å². The molecular weight excluding hydrogens is 226 g/mol. The molecule has 2 rings (SSSR count). The quantitative estimate of drug-likeness (QED) is 0.898. The first-order valence-electron chi connectivity index (χ1n) is 6.03. The van der Waals surface area contributed by atoms with Crippen molar-refractivity contribution in [1.29, 1.82) is 0 Å². The van der Waals surface area contributed by atoms with Gasteiger partial charge in [0.25, 0.3) is 0 Å². The van der Waals surface area contributed by atoms with Crippen molar-refractivity contribution >= 4 is 0 Å². The minimum Gasteiger partial charge on any atom is -0.496 e. The molecule has 1 aromatic carbocycles. The van der Waals surface area contributed by atoms with E-state index in [2.05, 4.69) is 31.3 Å². The summed E-state index contributed by atoms with van der Waals surface area (Å²) in [6.07, 6.45) is 1.69. The van der Waals surface area contributed by atoms with Crippen LogP contribution in [-0.2, 0) is 0 Å². The van der Waals surface area contributed by atoms with E-state index in [0.29, 0.717) is 0 Å². The molecule has 1 N–H and O–H groups in total. The third kappa shape index (κ3) is 2.27. The lowest BCUT2D eigenvalue weighted by Crippen LogP contribution is -2.19. The molecule has 1 unspecified atom stereocenters. The van der Waals surface area contributed by atoms with Gasteiger partial charge in [0, 0.05) is 5.56 Å². The van der Waals surface area contributed by atoms with Gasteiger partial charge < -0.3 is 14.5 Å². The van der Waals surface area contributed by atoms with Gasteiger partial charge in [-0.15, -0.1) is 0 Å². The molecule has 2 aromatic rings. The zero-order valence-electron chi connectivity index (χ0n) is 11.3. The van der Waals surface area contributed by atoms with Crippen LogP contribution >= 0.6 is 0 Å². The fourth-order valence-electron chi connectivity index (χ4n) is 2.36. The predicted molar refractivity (Wildman–Crippen MR) is 72.1 cm³/mol. The van der Waals surface area contributed by atoms with Crippen LogP contribution in [0.2, 0.25) is 0 Å². The van der Waals surface area contributed by atoms with Crippen LogP contribution in [-0.4, -0.2) is 14.2 Å². The molecule has 0 bridgehead atoms. The highest BCUT2D eigenvalue weighted by Gasteiger charge is 2.21. The van der Waals surface area contributed by atoms with E-state index in [9.17, 15) is 0 Å². The summed E-state index contributed by atoms with van der Waals surface area (Å²) in [4.78, 5) is 0. The number of ether oxygens (including phenoxy) is 1. The fraction of sp³-hybridized carbons (Fsp3) is 0.333. The van der Waals surface area contributed by atoms with Crippen molar-refractivity contribution in [2.75, 3.05) is 14.2 Å². The number of benzene rings is 1. The molecule has 1 aromatic heterocycles. The number of furan rings is 1. The van der Waals surface area contributed by atoms with Gasteiger partial charge >= 0.3 is 0 Å². The average molecular weight is 245 g/mol. The second-order valence-corrected chi connectivity index (χ2v) is 4.43. The van der Waals surface area contributed by atoms with Gasteiger partial charge in [-0.25, -0.2) is 0 Å². The SMILES string of the molecule is CNC(c1ccco1)c1c(C)cc(C)cc1OC. The second kappa shape index (κ2) is 5.27. The Morgan fingerprint density at radius 1 is 1.28 bits per heavy atom. The van der Waals surface area contributed by atoms with E-state index in [1.165, 1.54) is 11.1 Å². The summed E-state index contributed by atoms with van der Waals surface area (Å²) in [6, 6.07) is 8.09. The highest BCUT2D eigenvalue weighted by atomic mass is 16.5. The Hall–Kier alpha value is -1.74. The van der Waals surface area contributed by atoms with E-state index in [0.717, 1.165) is 17.1 Å². The molecule has 96 valence electrons. The minimum atomic E-state index is 0.00977. The molecule has 0 radical (unpaired) electrons. The maximum absolute atomic E-state index is 5.51. The Kier molecular flexibility index (Phi) is 3.72. The van der Waals surface area contributed by atoms with Gasteiger partial charge in [-0.3, -0.25) is 0 Å². The highest BCUT2D eigenvalue weighted by Crippen LogP contribution is 2.33. The molecule has 18 heavy (non-hydrogen) atoms. The third-order valence-electron chi connectivity index (χ3n) is 3.12. The standard InChI is InChI=1S/C15H19NO2/c1-10-8-11(2)14(13(9-10)17-4)15(16-3)12-6-5-7-18-12/h5-9,15-16H,1-4H3. The molecule has 0 saturated carbocycles. The topological polar surface area (TPSA) is 34.4 Å². The number of hydrogen-bond acceptors (Lipinski definition) is 3. The van der Waals surface area contributed by atoms with E-state index in [4.69, 9.17) is 9.15 Å². The number of nitrogens with one attached hydrogen (secondary N) is 1. The number of aryl methyl sites for hydroxylation is 2. The highest BCUT2D eigenvalue weighted by molar-refractivity contribution is 5.47. The van der Waals surface area contributed by atoms with E-state index < -0.39 is 0 Å². The Labute approximate surface area is 108 Å². The van der Waals surface area contributed by atoms with Crippen LogP contribution in [0.5, 0.6) is 5.75 Å².